The second-order valence-corrected chi connectivity index (χ2v) is 4.38. The van der Waals surface area contributed by atoms with Crippen molar-refractivity contribution in [3.05, 3.63) is 27.9 Å². The van der Waals surface area contributed by atoms with Gasteiger partial charge in [0.15, 0.2) is 0 Å². The summed E-state index contributed by atoms with van der Waals surface area (Å²) >= 11 is 0. The summed E-state index contributed by atoms with van der Waals surface area (Å²) in [6.07, 6.45) is 4.61. The summed E-state index contributed by atoms with van der Waals surface area (Å²) in [4.78, 5) is 14.5. The molecule has 1 aromatic rings. The van der Waals surface area contributed by atoms with Gasteiger partial charge in [-0.05, 0) is 25.3 Å². The number of hydrogen-bond acceptors (Lipinski definition) is 5. The summed E-state index contributed by atoms with van der Waals surface area (Å²) in [5.74, 6) is 0.323. The molecule has 0 saturated heterocycles. The van der Waals surface area contributed by atoms with Crippen molar-refractivity contribution in [2.24, 2.45) is 0 Å². The number of aryl methyl sites for hydroxylation is 1. The van der Waals surface area contributed by atoms with Gasteiger partial charge in [0.05, 0.1) is 4.92 Å². The third-order valence-corrected chi connectivity index (χ3v) is 2.60. The minimum absolute atomic E-state index is 0.0203. The van der Waals surface area contributed by atoms with Gasteiger partial charge in [-0.15, -0.1) is 0 Å². The van der Waals surface area contributed by atoms with Crippen molar-refractivity contribution in [2.45, 2.75) is 33.1 Å². The van der Waals surface area contributed by atoms with Crippen LogP contribution in [0.1, 0.15) is 31.7 Å². The summed E-state index contributed by atoms with van der Waals surface area (Å²) < 4.78 is 5.41. The fourth-order valence-electron chi connectivity index (χ4n) is 1.56. The zero-order chi connectivity index (χ0) is 14.1. The number of nitrogens with zero attached hydrogens (tertiary/aromatic N) is 2. The van der Waals surface area contributed by atoms with E-state index >= 15 is 0 Å². The predicted octanol–water partition coefficient (Wildman–Crippen LogP) is 2.92. The summed E-state index contributed by atoms with van der Waals surface area (Å²) in [5.41, 5.74) is 0.798. The topological polar surface area (TPSA) is 77.3 Å². The van der Waals surface area contributed by atoms with E-state index in [1.165, 1.54) is 6.07 Å². The van der Waals surface area contributed by atoms with E-state index in [-0.39, 0.29) is 5.69 Å². The quantitative estimate of drug-likeness (QED) is 0.423. The van der Waals surface area contributed by atoms with Gasteiger partial charge in [-0.3, -0.25) is 10.1 Å². The van der Waals surface area contributed by atoms with E-state index in [1.807, 2.05) is 0 Å². The Morgan fingerprint density at radius 3 is 2.84 bits per heavy atom. The first-order chi connectivity index (χ1) is 9.15. The third-order valence-electron chi connectivity index (χ3n) is 2.60. The Labute approximate surface area is 113 Å². The highest BCUT2D eigenvalue weighted by atomic mass is 16.6. The zero-order valence-electron chi connectivity index (χ0n) is 11.5. The van der Waals surface area contributed by atoms with Crippen LogP contribution in [-0.2, 0) is 4.74 Å². The Hall–Kier alpha value is -1.69. The number of ether oxygens (including phenoxy) is 1. The lowest BCUT2D eigenvalue weighted by atomic mass is 10.3. The third kappa shape index (κ3) is 5.65. The van der Waals surface area contributed by atoms with Gasteiger partial charge < -0.3 is 10.1 Å². The largest absolute Gasteiger partial charge is 0.381 e. The van der Waals surface area contributed by atoms with Gasteiger partial charge in [0, 0.05) is 32.0 Å². The molecule has 1 heterocycles. The molecule has 0 aliphatic heterocycles. The SMILES string of the molecule is CCCCOCCCNc1ncc(C)cc1[N+](=O)[O-]. The normalized spacial score (nSPS) is 10.4. The zero-order valence-corrected chi connectivity index (χ0v) is 11.5. The molecule has 0 bridgehead atoms. The van der Waals surface area contributed by atoms with Crippen molar-refractivity contribution < 1.29 is 9.66 Å². The molecule has 0 radical (unpaired) electrons. The smallest absolute Gasteiger partial charge is 0.311 e. The Morgan fingerprint density at radius 2 is 2.16 bits per heavy atom. The molecular weight excluding hydrogens is 246 g/mol. The fraction of sp³-hybridized carbons (Fsp3) is 0.615. The highest BCUT2D eigenvalue weighted by Gasteiger charge is 2.14. The van der Waals surface area contributed by atoms with Gasteiger partial charge >= 0.3 is 5.69 Å². The Balaban J connectivity index is 2.35. The van der Waals surface area contributed by atoms with Crippen LogP contribution in [0.4, 0.5) is 11.5 Å². The first kappa shape index (κ1) is 15.4. The molecule has 0 atom stereocenters. The van der Waals surface area contributed by atoms with E-state index in [2.05, 4.69) is 17.2 Å². The highest BCUT2D eigenvalue weighted by molar-refractivity contribution is 5.56. The summed E-state index contributed by atoms with van der Waals surface area (Å²) in [7, 11) is 0. The van der Waals surface area contributed by atoms with Gasteiger partial charge in [0.25, 0.3) is 0 Å². The lowest BCUT2D eigenvalue weighted by Crippen LogP contribution is -2.09. The number of hydrogen-bond donors (Lipinski definition) is 1. The standard InChI is InChI=1S/C13H21N3O3/c1-3-4-7-19-8-5-6-14-13-12(16(17)18)9-11(2)10-15-13/h9-10H,3-8H2,1-2H3,(H,14,15). The molecule has 106 valence electrons. The predicted molar refractivity (Wildman–Crippen MR) is 74.5 cm³/mol. The highest BCUT2D eigenvalue weighted by Crippen LogP contribution is 2.22. The van der Waals surface area contributed by atoms with Crippen LogP contribution in [0.25, 0.3) is 0 Å². The van der Waals surface area contributed by atoms with Crippen LogP contribution in [0, 0.1) is 17.0 Å². The molecule has 19 heavy (non-hydrogen) atoms. The lowest BCUT2D eigenvalue weighted by molar-refractivity contribution is -0.384. The van der Waals surface area contributed by atoms with Crippen LogP contribution in [0.3, 0.4) is 0 Å². The molecule has 0 spiro atoms. The van der Waals surface area contributed by atoms with Crippen molar-refractivity contribution in [2.75, 3.05) is 25.1 Å². The van der Waals surface area contributed by atoms with Crippen LogP contribution < -0.4 is 5.32 Å². The number of nitrogens with one attached hydrogen (secondary N) is 1. The molecule has 1 N–H and O–H groups in total. The van der Waals surface area contributed by atoms with Crippen molar-refractivity contribution in [3.8, 4) is 0 Å². The van der Waals surface area contributed by atoms with Crippen molar-refractivity contribution in [1.82, 2.24) is 4.98 Å². The van der Waals surface area contributed by atoms with E-state index in [9.17, 15) is 10.1 Å². The average Bonchev–Trinajstić information content (AvgIpc) is 2.39. The van der Waals surface area contributed by atoms with Gasteiger partial charge in [0.2, 0.25) is 5.82 Å². The van der Waals surface area contributed by atoms with Gasteiger partial charge in [-0.1, -0.05) is 13.3 Å². The number of unbranched alkanes of at least 4 members (excludes halogenated alkanes) is 1. The van der Waals surface area contributed by atoms with Crippen LogP contribution in [0.5, 0.6) is 0 Å². The van der Waals surface area contributed by atoms with Crippen LogP contribution in [0.15, 0.2) is 12.3 Å². The van der Waals surface area contributed by atoms with Crippen LogP contribution in [0.2, 0.25) is 0 Å². The monoisotopic (exact) mass is 267 g/mol. The number of rotatable bonds is 9. The molecule has 0 amide bonds. The molecular formula is C13H21N3O3. The molecule has 0 aliphatic carbocycles. The minimum Gasteiger partial charge on any atom is -0.381 e. The molecule has 6 heteroatoms. The van der Waals surface area contributed by atoms with E-state index < -0.39 is 4.92 Å². The van der Waals surface area contributed by atoms with Crippen LogP contribution >= 0.6 is 0 Å². The second-order valence-electron chi connectivity index (χ2n) is 4.38. The number of nitro groups is 1. The Morgan fingerprint density at radius 1 is 1.42 bits per heavy atom. The van der Waals surface area contributed by atoms with Crippen molar-refractivity contribution >= 4 is 11.5 Å². The molecule has 0 aromatic carbocycles. The van der Waals surface area contributed by atoms with E-state index in [1.54, 1.807) is 13.1 Å². The van der Waals surface area contributed by atoms with E-state index in [4.69, 9.17) is 4.74 Å². The first-order valence-corrected chi connectivity index (χ1v) is 6.57. The van der Waals surface area contributed by atoms with Crippen LogP contribution in [-0.4, -0.2) is 29.7 Å². The van der Waals surface area contributed by atoms with Crippen molar-refractivity contribution in [3.63, 3.8) is 0 Å². The summed E-state index contributed by atoms with van der Waals surface area (Å²) in [6, 6.07) is 1.52. The van der Waals surface area contributed by atoms with Gasteiger partial charge in [0.1, 0.15) is 0 Å². The Bertz CT molecular complexity index is 410. The van der Waals surface area contributed by atoms with E-state index in [0.29, 0.717) is 19.0 Å². The number of pyridine rings is 1. The summed E-state index contributed by atoms with van der Waals surface area (Å²) in [6.45, 7) is 5.95. The number of aromatic nitrogens is 1. The van der Waals surface area contributed by atoms with Gasteiger partial charge in [-0.25, -0.2) is 4.98 Å². The molecule has 1 rings (SSSR count). The molecule has 0 unspecified atom stereocenters. The fourth-order valence-corrected chi connectivity index (χ4v) is 1.56. The molecule has 0 aliphatic rings. The van der Waals surface area contributed by atoms with Crippen molar-refractivity contribution in [1.29, 1.82) is 0 Å². The maximum absolute atomic E-state index is 10.9. The van der Waals surface area contributed by atoms with E-state index in [0.717, 1.165) is 31.4 Å². The Kier molecular flexibility index (Phi) is 6.81. The van der Waals surface area contributed by atoms with Gasteiger partial charge in [-0.2, -0.15) is 0 Å². The molecule has 6 nitrogen and oxygen atoms in total. The number of anilines is 1. The lowest BCUT2D eigenvalue weighted by Gasteiger charge is -2.07. The first-order valence-electron chi connectivity index (χ1n) is 6.57. The second kappa shape index (κ2) is 8.42. The maximum Gasteiger partial charge on any atom is 0.311 e. The molecule has 1 aromatic heterocycles. The molecule has 0 saturated carbocycles. The average molecular weight is 267 g/mol. The minimum atomic E-state index is -0.417. The maximum atomic E-state index is 10.9. The molecule has 0 fully saturated rings. The summed E-state index contributed by atoms with van der Waals surface area (Å²) in [5, 5.41) is 13.9.